The first-order valence-electron chi connectivity index (χ1n) is 12.2. The monoisotopic (exact) mass is 440 g/mol. The van der Waals surface area contributed by atoms with Gasteiger partial charge in [-0.2, -0.15) is 0 Å². The van der Waals surface area contributed by atoms with E-state index in [2.05, 4.69) is 27.7 Å². The summed E-state index contributed by atoms with van der Waals surface area (Å²) in [6.07, 6.45) is 7.40. The van der Waals surface area contributed by atoms with Gasteiger partial charge in [0.2, 0.25) is 5.91 Å². The van der Waals surface area contributed by atoms with E-state index in [0.29, 0.717) is 11.7 Å². The molecule has 1 aromatic heterocycles. The lowest BCUT2D eigenvalue weighted by Crippen LogP contribution is -2.39. The Hall–Kier alpha value is -2.30. The molecule has 1 aliphatic rings. The molecular weight excluding hydrogens is 400 g/mol. The standard InChI is InChI=1S/C27H40N2O3/c1-6-7-15-28(16-14-27(2,3)4)25(30)19-29-24-18-22(32-5)13-12-21(24)17-23(26(29)31)20-10-8-9-11-20/h12-13,17-18,20H,6-11,14-16,19H2,1-5H3. The highest BCUT2D eigenvalue weighted by Crippen LogP contribution is 2.34. The molecule has 0 saturated heterocycles. The van der Waals surface area contributed by atoms with Crippen molar-refractivity contribution in [2.45, 2.75) is 85.1 Å². The van der Waals surface area contributed by atoms with Gasteiger partial charge in [0.25, 0.3) is 5.56 Å². The Morgan fingerprint density at radius 2 is 1.88 bits per heavy atom. The fourth-order valence-corrected chi connectivity index (χ4v) is 4.60. The van der Waals surface area contributed by atoms with Gasteiger partial charge in [-0.3, -0.25) is 14.2 Å². The summed E-state index contributed by atoms with van der Waals surface area (Å²) in [5.41, 5.74) is 1.78. The van der Waals surface area contributed by atoms with Crippen LogP contribution in [0.15, 0.2) is 29.1 Å². The second-order valence-corrected chi connectivity index (χ2v) is 10.4. The fourth-order valence-electron chi connectivity index (χ4n) is 4.60. The largest absolute Gasteiger partial charge is 0.497 e. The number of aromatic nitrogens is 1. The average Bonchev–Trinajstić information content (AvgIpc) is 3.29. The number of benzene rings is 1. The van der Waals surface area contributed by atoms with E-state index < -0.39 is 0 Å². The highest BCUT2D eigenvalue weighted by molar-refractivity contribution is 5.84. The van der Waals surface area contributed by atoms with Gasteiger partial charge < -0.3 is 9.64 Å². The van der Waals surface area contributed by atoms with Gasteiger partial charge in [-0.15, -0.1) is 0 Å². The molecule has 1 aromatic carbocycles. The van der Waals surface area contributed by atoms with E-state index in [1.807, 2.05) is 29.2 Å². The Kier molecular flexibility index (Phi) is 8.02. The maximum absolute atomic E-state index is 13.6. The number of rotatable bonds is 9. The average molecular weight is 441 g/mol. The molecule has 0 radical (unpaired) electrons. The van der Waals surface area contributed by atoms with Crippen molar-refractivity contribution in [2.75, 3.05) is 20.2 Å². The Balaban J connectivity index is 1.99. The lowest BCUT2D eigenvalue weighted by atomic mass is 9.92. The van der Waals surface area contributed by atoms with Crippen molar-refractivity contribution in [1.82, 2.24) is 9.47 Å². The summed E-state index contributed by atoms with van der Waals surface area (Å²) < 4.78 is 7.12. The number of methoxy groups -OCH3 is 1. The Bertz CT molecular complexity index is 981. The molecular formula is C27H40N2O3. The summed E-state index contributed by atoms with van der Waals surface area (Å²) in [6, 6.07) is 7.85. The summed E-state index contributed by atoms with van der Waals surface area (Å²) >= 11 is 0. The minimum atomic E-state index is -0.0164. The first kappa shape index (κ1) is 24.3. The minimum Gasteiger partial charge on any atom is -0.497 e. The molecule has 3 rings (SSSR count). The number of carbonyl (C=O) groups is 1. The zero-order valence-corrected chi connectivity index (χ0v) is 20.6. The van der Waals surface area contributed by atoms with Crippen LogP contribution in [0.3, 0.4) is 0 Å². The molecule has 176 valence electrons. The Labute approximate surface area is 192 Å². The van der Waals surface area contributed by atoms with Crippen molar-refractivity contribution >= 4 is 16.8 Å². The predicted octanol–water partition coefficient (Wildman–Crippen LogP) is 5.73. The van der Waals surface area contributed by atoms with Gasteiger partial charge in [-0.1, -0.05) is 47.0 Å². The summed E-state index contributed by atoms with van der Waals surface area (Å²) in [7, 11) is 1.63. The van der Waals surface area contributed by atoms with Crippen LogP contribution in [0, 0.1) is 5.41 Å². The van der Waals surface area contributed by atoms with Crippen LogP contribution in [-0.4, -0.2) is 35.6 Å². The van der Waals surface area contributed by atoms with E-state index >= 15 is 0 Å². The van der Waals surface area contributed by atoms with Gasteiger partial charge in [0.1, 0.15) is 12.3 Å². The van der Waals surface area contributed by atoms with Gasteiger partial charge in [-0.25, -0.2) is 0 Å². The number of ether oxygens (including phenoxy) is 1. The number of carbonyl (C=O) groups excluding carboxylic acids is 1. The van der Waals surface area contributed by atoms with E-state index in [9.17, 15) is 9.59 Å². The van der Waals surface area contributed by atoms with Gasteiger partial charge in [-0.05, 0) is 60.6 Å². The van der Waals surface area contributed by atoms with Gasteiger partial charge in [0.15, 0.2) is 0 Å². The molecule has 1 amide bonds. The van der Waals surface area contributed by atoms with Crippen LogP contribution in [0.1, 0.15) is 84.1 Å². The van der Waals surface area contributed by atoms with Crippen LogP contribution in [0.4, 0.5) is 0 Å². The molecule has 0 unspecified atom stereocenters. The first-order valence-corrected chi connectivity index (χ1v) is 12.2. The number of unbranched alkanes of at least 4 members (excludes halogenated alkanes) is 1. The van der Waals surface area contributed by atoms with Crippen molar-refractivity contribution in [3.8, 4) is 5.75 Å². The molecule has 0 spiro atoms. The number of nitrogens with zero attached hydrogens (tertiary/aromatic N) is 2. The molecule has 0 N–H and O–H groups in total. The maximum atomic E-state index is 13.6. The van der Waals surface area contributed by atoms with Gasteiger partial charge in [0.05, 0.1) is 12.6 Å². The van der Waals surface area contributed by atoms with E-state index in [0.717, 1.165) is 61.7 Å². The quantitative estimate of drug-likeness (QED) is 0.500. The number of hydrogen-bond acceptors (Lipinski definition) is 3. The fraction of sp³-hybridized carbons (Fsp3) is 0.630. The van der Waals surface area contributed by atoms with Crippen LogP contribution in [0.25, 0.3) is 10.9 Å². The van der Waals surface area contributed by atoms with Crippen molar-refractivity contribution in [2.24, 2.45) is 5.41 Å². The summed E-state index contributed by atoms with van der Waals surface area (Å²) in [5, 5.41) is 0.995. The molecule has 5 heteroatoms. The zero-order chi connectivity index (χ0) is 23.3. The molecule has 0 aliphatic heterocycles. The molecule has 2 aromatic rings. The van der Waals surface area contributed by atoms with Crippen LogP contribution in [-0.2, 0) is 11.3 Å². The molecule has 5 nitrogen and oxygen atoms in total. The first-order chi connectivity index (χ1) is 15.2. The highest BCUT2D eigenvalue weighted by Gasteiger charge is 2.24. The number of amides is 1. The molecule has 32 heavy (non-hydrogen) atoms. The second kappa shape index (κ2) is 10.5. The topological polar surface area (TPSA) is 51.5 Å². The lowest BCUT2D eigenvalue weighted by Gasteiger charge is -2.28. The van der Waals surface area contributed by atoms with Crippen LogP contribution in [0.2, 0.25) is 0 Å². The van der Waals surface area contributed by atoms with Crippen LogP contribution >= 0.6 is 0 Å². The van der Waals surface area contributed by atoms with Crippen molar-refractivity contribution in [3.05, 3.63) is 40.2 Å². The third-order valence-corrected chi connectivity index (χ3v) is 6.69. The third-order valence-electron chi connectivity index (χ3n) is 6.69. The third kappa shape index (κ3) is 5.93. The van der Waals surface area contributed by atoms with E-state index in [1.54, 1.807) is 11.7 Å². The highest BCUT2D eigenvalue weighted by atomic mass is 16.5. The molecule has 1 aliphatic carbocycles. The Morgan fingerprint density at radius 1 is 1.16 bits per heavy atom. The van der Waals surface area contributed by atoms with E-state index in [-0.39, 0.29) is 23.4 Å². The summed E-state index contributed by atoms with van der Waals surface area (Å²) in [4.78, 5) is 29.0. The van der Waals surface area contributed by atoms with Gasteiger partial charge in [0, 0.05) is 24.7 Å². The van der Waals surface area contributed by atoms with E-state index in [1.165, 1.54) is 12.8 Å². The van der Waals surface area contributed by atoms with Crippen LogP contribution in [0.5, 0.6) is 5.75 Å². The molecule has 0 atom stereocenters. The van der Waals surface area contributed by atoms with E-state index in [4.69, 9.17) is 4.74 Å². The van der Waals surface area contributed by atoms with Crippen molar-refractivity contribution in [1.29, 1.82) is 0 Å². The Morgan fingerprint density at radius 3 is 2.50 bits per heavy atom. The lowest BCUT2D eigenvalue weighted by molar-refractivity contribution is -0.132. The number of hydrogen-bond donors (Lipinski definition) is 0. The molecule has 1 fully saturated rings. The SMILES string of the molecule is CCCCN(CCC(C)(C)C)C(=O)Cn1c(=O)c(C2CCCC2)cc2ccc(OC)cc21. The predicted molar refractivity (Wildman–Crippen MR) is 132 cm³/mol. The molecule has 1 heterocycles. The summed E-state index contributed by atoms with van der Waals surface area (Å²) in [5.74, 6) is 1.02. The maximum Gasteiger partial charge on any atom is 0.255 e. The summed E-state index contributed by atoms with van der Waals surface area (Å²) in [6.45, 7) is 10.3. The normalized spacial score (nSPS) is 14.8. The van der Waals surface area contributed by atoms with Crippen molar-refractivity contribution < 1.29 is 9.53 Å². The zero-order valence-electron chi connectivity index (χ0n) is 20.6. The van der Waals surface area contributed by atoms with Crippen LogP contribution < -0.4 is 10.3 Å². The number of pyridine rings is 1. The molecule has 0 bridgehead atoms. The van der Waals surface area contributed by atoms with Crippen molar-refractivity contribution in [3.63, 3.8) is 0 Å². The second-order valence-electron chi connectivity index (χ2n) is 10.4. The minimum absolute atomic E-state index is 0.0164. The number of fused-ring (bicyclic) bond motifs is 1. The molecule has 1 saturated carbocycles. The van der Waals surface area contributed by atoms with Gasteiger partial charge >= 0.3 is 0 Å². The smallest absolute Gasteiger partial charge is 0.255 e.